The zero-order valence-corrected chi connectivity index (χ0v) is 19.9. The van der Waals surface area contributed by atoms with Crippen molar-refractivity contribution in [2.75, 3.05) is 13.6 Å². The van der Waals surface area contributed by atoms with Gasteiger partial charge in [-0.3, -0.25) is 14.4 Å². The van der Waals surface area contributed by atoms with Gasteiger partial charge in [0.1, 0.15) is 12.1 Å². The van der Waals surface area contributed by atoms with Gasteiger partial charge in [0, 0.05) is 19.0 Å². The van der Waals surface area contributed by atoms with E-state index in [9.17, 15) is 14.4 Å². The maximum atomic E-state index is 13.6. The van der Waals surface area contributed by atoms with Crippen LogP contribution >= 0.6 is 0 Å². The lowest BCUT2D eigenvalue weighted by atomic mass is 10.0. The lowest BCUT2D eigenvalue weighted by Crippen LogP contribution is -2.56. The maximum absolute atomic E-state index is 13.6. The van der Waals surface area contributed by atoms with Crippen LogP contribution < -0.4 is 16.0 Å². The van der Waals surface area contributed by atoms with Crippen molar-refractivity contribution in [1.29, 1.82) is 0 Å². The van der Waals surface area contributed by atoms with Crippen molar-refractivity contribution in [3.05, 3.63) is 71.3 Å². The zero-order valence-electron chi connectivity index (χ0n) is 19.9. The molecule has 0 spiro atoms. The molecule has 1 aliphatic heterocycles. The number of nitrogens with one attached hydrogen (secondary N) is 3. The van der Waals surface area contributed by atoms with E-state index in [1.807, 2.05) is 42.5 Å². The molecule has 3 atom stereocenters. The van der Waals surface area contributed by atoms with Gasteiger partial charge in [0.05, 0.1) is 6.04 Å². The van der Waals surface area contributed by atoms with Crippen LogP contribution in [0.5, 0.6) is 0 Å². The minimum Gasteiger partial charge on any atom is -0.351 e. The number of likely N-dealkylation sites (N-methyl/N-ethyl adjacent to an activating group) is 1. The smallest absolute Gasteiger partial charge is 0.246 e. The SMILES string of the molecule is CN[C@@H](C)C(=O)N[C@@H](Cc1ccccc1)C(=O)N1CCC[C@@H]1C(=O)NC1Cc2ccccc2C1. The summed E-state index contributed by atoms with van der Waals surface area (Å²) in [6.45, 7) is 2.27. The van der Waals surface area contributed by atoms with Crippen molar-refractivity contribution in [3.63, 3.8) is 0 Å². The molecule has 0 unspecified atom stereocenters. The Morgan fingerprint density at radius 1 is 1.00 bits per heavy atom. The van der Waals surface area contributed by atoms with Crippen LogP contribution in [-0.4, -0.2) is 60.4 Å². The van der Waals surface area contributed by atoms with Gasteiger partial charge in [0.2, 0.25) is 17.7 Å². The number of carbonyl (C=O) groups is 3. The highest BCUT2D eigenvalue weighted by molar-refractivity contribution is 5.93. The summed E-state index contributed by atoms with van der Waals surface area (Å²) in [5, 5.41) is 9.01. The molecule has 1 fully saturated rings. The molecule has 1 heterocycles. The number of carbonyl (C=O) groups excluding carboxylic acids is 3. The van der Waals surface area contributed by atoms with E-state index in [0.717, 1.165) is 24.8 Å². The molecular formula is C27H34N4O3. The monoisotopic (exact) mass is 462 g/mol. The van der Waals surface area contributed by atoms with Crippen molar-refractivity contribution >= 4 is 17.7 Å². The fourth-order valence-corrected chi connectivity index (χ4v) is 4.94. The van der Waals surface area contributed by atoms with Gasteiger partial charge >= 0.3 is 0 Å². The third-order valence-electron chi connectivity index (χ3n) is 6.96. The van der Waals surface area contributed by atoms with Crippen molar-refractivity contribution in [2.24, 2.45) is 0 Å². The normalized spacial score (nSPS) is 19.4. The van der Waals surface area contributed by atoms with Gasteiger partial charge in [-0.2, -0.15) is 0 Å². The molecule has 1 saturated heterocycles. The minimum atomic E-state index is -0.727. The first kappa shape index (κ1) is 24.0. The summed E-state index contributed by atoms with van der Waals surface area (Å²) < 4.78 is 0. The number of rotatable bonds is 8. The van der Waals surface area contributed by atoms with Gasteiger partial charge in [-0.1, -0.05) is 54.6 Å². The summed E-state index contributed by atoms with van der Waals surface area (Å²) >= 11 is 0. The molecule has 4 rings (SSSR count). The standard InChI is InChI=1S/C27H34N4O3/c1-18(28-2)25(32)30-23(15-19-9-4-3-5-10-19)27(34)31-14-8-13-24(31)26(33)29-22-16-20-11-6-7-12-21(20)17-22/h3-7,9-12,18,22-24,28H,8,13-17H2,1-2H3,(H,29,33)(H,30,32)/t18-,23-,24+/m0/s1. The largest absolute Gasteiger partial charge is 0.351 e. The first-order valence-corrected chi connectivity index (χ1v) is 12.2. The van der Waals surface area contributed by atoms with E-state index in [2.05, 4.69) is 28.1 Å². The van der Waals surface area contributed by atoms with Gasteiger partial charge in [0.25, 0.3) is 0 Å². The van der Waals surface area contributed by atoms with Crippen LogP contribution in [0.1, 0.15) is 36.5 Å². The molecule has 2 aliphatic rings. The molecule has 180 valence electrons. The third-order valence-corrected chi connectivity index (χ3v) is 6.96. The van der Waals surface area contributed by atoms with Crippen molar-refractivity contribution in [3.8, 4) is 0 Å². The highest BCUT2D eigenvalue weighted by atomic mass is 16.2. The Hall–Kier alpha value is -3.19. The predicted molar refractivity (Wildman–Crippen MR) is 131 cm³/mol. The summed E-state index contributed by atoms with van der Waals surface area (Å²) in [4.78, 5) is 41.1. The Balaban J connectivity index is 1.45. The maximum Gasteiger partial charge on any atom is 0.246 e. The van der Waals surface area contributed by atoms with Crippen LogP contribution in [0.15, 0.2) is 54.6 Å². The van der Waals surface area contributed by atoms with Gasteiger partial charge in [-0.05, 0) is 56.3 Å². The minimum absolute atomic E-state index is 0.0544. The first-order valence-electron chi connectivity index (χ1n) is 12.2. The fraction of sp³-hybridized carbons (Fsp3) is 0.444. The second kappa shape index (κ2) is 10.8. The Morgan fingerprint density at radius 2 is 1.65 bits per heavy atom. The number of likely N-dealkylation sites (tertiary alicyclic amines) is 1. The molecule has 0 aromatic heterocycles. The first-order chi connectivity index (χ1) is 16.5. The molecule has 0 saturated carbocycles. The van der Waals surface area contributed by atoms with Gasteiger partial charge in [0.15, 0.2) is 0 Å². The molecule has 3 amide bonds. The van der Waals surface area contributed by atoms with E-state index >= 15 is 0 Å². The second-order valence-electron chi connectivity index (χ2n) is 9.33. The van der Waals surface area contributed by atoms with Crippen LogP contribution in [-0.2, 0) is 33.6 Å². The van der Waals surface area contributed by atoms with Gasteiger partial charge < -0.3 is 20.9 Å². The predicted octanol–water partition coefficient (Wildman–Crippen LogP) is 1.60. The molecule has 34 heavy (non-hydrogen) atoms. The summed E-state index contributed by atoms with van der Waals surface area (Å²) in [6, 6.07) is 16.3. The van der Waals surface area contributed by atoms with Gasteiger partial charge in [-0.25, -0.2) is 0 Å². The number of hydrogen-bond acceptors (Lipinski definition) is 4. The Morgan fingerprint density at radius 3 is 2.29 bits per heavy atom. The van der Waals surface area contributed by atoms with Crippen LogP contribution in [0.25, 0.3) is 0 Å². The highest BCUT2D eigenvalue weighted by Gasteiger charge is 2.39. The lowest BCUT2D eigenvalue weighted by molar-refractivity contribution is -0.141. The van der Waals surface area contributed by atoms with Crippen molar-refractivity contribution in [1.82, 2.24) is 20.9 Å². The van der Waals surface area contributed by atoms with Gasteiger partial charge in [-0.15, -0.1) is 0 Å². The quantitative estimate of drug-likeness (QED) is 0.556. The number of nitrogens with zero attached hydrogens (tertiary/aromatic N) is 1. The molecule has 7 nitrogen and oxygen atoms in total. The summed E-state index contributed by atoms with van der Waals surface area (Å²) in [6.07, 6.45) is 3.42. The number of benzene rings is 2. The molecule has 7 heteroatoms. The molecule has 2 aromatic rings. The van der Waals surface area contributed by atoms with Crippen LogP contribution in [0.4, 0.5) is 0 Å². The van der Waals surface area contributed by atoms with Crippen LogP contribution in [0, 0.1) is 0 Å². The second-order valence-corrected chi connectivity index (χ2v) is 9.33. The lowest BCUT2D eigenvalue weighted by Gasteiger charge is -2.30. The Labute approximate surface area is 201 Å². The molecule has 2 aromatic carbocycles. The van der Waals surface area contributed by atoms with E-state index < -0.39 is 18.1 Å². The van der Waals surface area contributed by atoms with Crippen LogP contribution in [0.2, 0.25) is 0 Å². The number of hydrogen-bond donors (Lipinski definition) is 3. The van der Waals surface area contributed by atoms with Crippen molar-refractivity contribution in [2.45, 2.75) is 63.2 Å². The highest BCUT2D eigenvalue weighted by Crippen LogP contribution is 2.24. The summed E-state index contributed by atoms with van der Waals surface area (Å²) in [7, 11) is 1.71. The zero-order chi connectivity index (χ0) is 24.1. The third kappa shape index (κ3) is 5.47. The molecule has 1 aliphatic carbocycles. The van der Waals surface area contributed by atoms with E-state index in [4.69, 9.17) is 0 Å². The van der Waals surface area contributed by atoms with Crippen molar-refractivity contribution < 1.29 is 14.4 Å². The molecule has 3 N–H and O–H groups in total. The molecule has 0 radical (unpaired) electrons. The number of fused-ring (bicyclic) bond motifs is 1. The number of amides is 3. The Bertz CT molecular complexity index is 1000. The summed E-state index contributed by atoms with van der Waals surface area (Å²) in [5.41, 5.74) is 3.51. The van der Waals surface area contributed by atoms with E-state index in [0.29, 0.717) is 19.4 Å². The van der Waals surface area contributed by atoms with E-state index in [-0.39, 0.29) is 23.8 Å². The molecule has 0 bridgehead atoms. The Kier molecular flexibility index (Phi) is 7.63. The van der Waals surface area contributed by atoms with E-state index in [1.54, 1.807) is 18.9 Å². The van der Waals surface area contributed by atoms with E-state index in [1.165, 1.54) is 11.1 Å². The van der Waals surface area contributed by atoms with Crippen LogP contribution in [0.3, 0.4) is 0 Å². The average molecular weight is 463 g/mol. The average Bonchev–Trinajstić information content (AvgIpc) is 3.50. The molecular weight excluding hydrogens is 428 g/mol. The topological polar surface area (TPSA) is 90.5 Å². The fourth-order valence-electron chi connectivity index (χ4n) is 4.94. The summed E-state index contributed by atoms with van der Waals surface area (Å²) in [5.74, 6) is -0.536.